The van der Waals surface area contributed by atoms with E-state index in [-0.39, 0.29) is 35.1 Å². The van der Waals surface area contributed by atoms with Gasteiger partial charge in [-0.25, -0.2) is 0 Å². The fraction of sp³-hybridized carbons (Fsp3) is 0.462. The molecule has 1 aromatic carbocycles. The number of carbonyl (C=O) groups excluding carboxylic acids is 1. The molecule has 1 fully saturated rings. The summed E-state index contributed by atoms with van der Waals surface area (Å²) in [6, 6.07) is 4.71. The van der Waals surface area contributed by atoms with Gasteiger partial charge in [-0.1, -0.05) is 6.07 Å². The van der Waals surface area contributed by atoms with Crippen LogP contribution >= 0.6 is 0 Å². The Balaban J connectivity index is 2.26. The van der Waals surface area contributed by atoms with E-state index in [0.29, 0.717) is 13.1 Å². The van der Waals surface area contributed by atoms with Crippen molar-refractivity contribution in [3.05, 3.63) is 23.8 Å². The van der Waals surface area contributed by atoms with Crippen molar-refractivity contribution in [1.82, 2.24) is 10.2 Å². The third kappa shape index (κ3) is 2.41. The van der Waals surface area contributed by atoms with E-state index in [1.54, 1.807) is 4.90 Å². The summed E-state index contributed by atoms with van der Waals surface area (Å²) in [6.45, 7) is 5.13. The van der Waals surface area contributed by atoms with Crippen molar-refractivity contribution in [3.8, 4) is 11.5 Å². The quantitative estimate of drug-likeness (QED) is 0.693. The molecule has 5 heteroatoms. The molecule has 0 spiro atoms. The van der Waals surface area contributed by atoms with Crippen LogP contribution in [0.15, 0.2) is 18.2 Å². The zero-order valence-electron chi connectivity index (χ0n) is 10.6. The number of aromatic hydroxyl groups is 2. The molecule has 0 aromatic heterocycles. The van der Waals surface area contributed by atoms with E-state index >= 15 is 0 Å². The maximum atomic E-state index is 12.3. The highest BCUT2D eigenvalue weighted by atomic mass is 16.3. The molecule has 1 aliphatic rings. The number of benzene rings is 1. The third-order valence-electron chi connectivity index (χ3n) is 3.08. The van der Waals surface area contributed by atoms with Crippen molar-refractivity contribution in [2.75, 3.05) is 13.1 Å². The van der Waals surface area contributed by atoms with Crippen LogP contribution in [0.25, 0.3) is 0 Å². The summed E-state index contributed by atoms with van der Waals surface area (Å²) in [5.74, 6) is -0.691. The van der Waals surface area contributed by atoms with Crippen LogP contribution in [-0.4, -0.2) is 46.2 Å². The lowest BCUT2D eigenvalue weighted by atomic mass is 10.1. The standard InChI is InChI=1S/C13H18N2O3/c1-8-6-15(7-9(2)14-8)13(18)12-10(16)4-3-5-11(12)17/h3-5,8-9,14,16-17H,6-7H2,1-2H3. The first-order valence-corrected chi connectivity index (χ1v) is 6.05. The number of amides is 1. The van der Waals surface area contributed by atoms with E-state index in [1.165, 1.54) is 18.2 Å². The molecule has 1 saturated heterocycles. The average Bonchev–Trinajstić information content (AvgIpc) is 2.27. The lowest BCUT2D eigenvalue weighted by Crippen LogP contribution is -2.55. The Morgan fingerprint density at radius 3 is 2.22 bits per heavy atom. The van der Waals surface area contributed by atoms with E-state index in [1.807, 2.05) is 13.8 Å². The van der Waals surface area contributed by atoms with Gasteiger partial charge in [0, 0.05) is 25.2 Å². The van der Waals surface area contributed by atoms with Crippen LogP contribution in [0.4, 0.5) is 0 Å². The molecule has 0 saturated carbocycles. The lowest BCUT2D eigenvalue weighted by Gasteiger charge is -2.36. The minimum Gasteiger partial charge on any atom is -0.507 e. The van der Waals surface area contributed by atoms with Crippen LogP contribution in [0.1, 0.15) is 24.2 Å². The van der Waals surface area contributed by atoms with Gasteiger partial charge in [0.2, 0.25) is 0 Å². The van der Waals surface area contributed by atoms with Gasteiger partial charge < -0.3 is 20.4 Å². The van der Waals surface area contributed by atoms with Crippen LogP contribution in [0.5, 0.6) is 11.5 Å². The molecule has 1 amide bonds. The SMILES string of the molecule is CC1CN(C(=O)c2c(O)cccc2O)CC(C)N1. The minimum atomic E-state index is -0.328. The van der Waals surface area contributed by atoms with Gasteiger partial charge in [0.1, 0.15) is 17.1 Å². The van der Waals surface area contributed by atoms with Gasteiger partial charge in [0.25, 0.3) is 5.91 Å². The van der Waals surface area contributed by atoms with Gasteiger partial charge in [0.05, 0.1) is 0 Å². The summed E-state index contributed by atoms with van der Waals surface area (Å²) < 4.78 is 0. The van der Waals surface area contributed by atoms with Gasteiger partial charge >= 0.3 is 0 Å². The highest BCUT2D eigenvalue weighted by Crippen LogP contribution is 2.28. The molecule has 0 aliphatic carbocycles. The van der Waals surface area contributed by atoms with Crippen molar-refractivity contribution in [2.45, 2.75) is 25.9 Å². The van der Waals surface area contributed by atoms with Gasteiger partial charge in [-0.3, -0.25) is 4.79 Å². The summed E-state index contributed by atoms with van der Waals surface area (Å²) in [5.41, 5.74) is -0.0150. The van der Waals surface area contributed by atoms with Crippen molar-refractivity contribution in [3.63, 3.8) is 0 Å². The molecular formula is C13H18N2O3. The fourth-order valence-electron chi connectivity index (χ4n) is 2.40. The summed E-state index contributed by atoms with van der Waals surface area (Å²) in [7, 11) is 0. The molecule has 0 radical (unpaired) electrons. The van der Waals surface area contributed by atoms with Gasteiger partial charge in [-0.05, 0) is 26.0 Å². The Bertz CT molecular complexity index is 431. The number of nitrogens with zero attached hydrogens (tertiary/aromatic N) is 1. The maximum absolute atomic E-state index is 12.3. The van der Waals surface area contributed by atoms with Crippen LogP contribution in [-0.2, 0) is 0 Å². The van der Waals surface area contributed by atoms with Crippen molar-refractivity contribution in [2.24, 2.45) is 0 Å². The number of phenolic OH excluding ortho intramolecular Hbond substituents is 2. The van der Waals surface area contributed by atoms with Crippen molar-refractivity contribution in [1.29, 1.82) is 0 Å². The van der Waals surface area contributed by atoms with Gasteiger partial charge in [-0.2, -0.15) is 0 Å². The third-order valence-corrected chi connectivity index (χ3v) is 3.08. The van der Waals surface area contributed by atoms with E-state index in [2.05, 4.69) is 5.32 Å². The topological polar surface area (TPSA) is 72.8 Å². The summed E-state index contributed by atoms with van der Waals surface area (Å²) in [4.78, 5) is 14.0. The molecule has 1 heterocycles. The highest BCUT2D eigenvalue weighted by Gasteiger charge is 2.28. The van der Waals surface area contributed by atoms with Crippen LogP contribution < -0.4 is 5.32 Å². The van der Waals surface area contributed by atoms with E-state index in [4.69, 9.17) is 0 Å². The Morgan fingerprint density at radius 2 is 1.72 bits per heavy atom. The number of rotatable bonds is 1. The van der Waals surface area contributed by atoms with Crippen LogP contribution in [0, 0.1) is 0 Å². The number of hydrogen-bond donors (Lipinski definition) is 3. The zero-order valence-corrected chi connectivity index (χ0v) is 10.6. The Labute approximate surface area is 106 Å². The average molecular weight is 250 g/mol. The second-order valence-electron chi connectivity index (χ2n) is 4.85. The number of hydrogen-bond acceptors (Lipinski definition) is 4. The molecule has 18 heavy (non-hydrogen) atoms. The second-order valence-corrected chi connectivity index (χ2v) is 4.85. The molecule has 2 unspecified atom stereocenters. The molecule has 1 aliphatic heterocycles. The zero-order chi connectivity index (χ0) is 13.3. The molecular weight excluding hydrogens is 232 g/mol. The summed E-state index contributed by atoms with van der Waals surface area (Å²) in [5, 5.41) is 22.7. The minimum absolute atomic E-state index is 0.0150. The van der Waals surface area contributed by atoms with E-state index in [9.17, 15) is 15.0 Å². The predicted molar refractivity (Wildman–Crippen MR) is 67.7 cm³/mol. The molecule has 1 aromatic rings. The van der Waals surface area contributed by atoms with Crippen molar-refractivity contribution >= 4 is 5.91 Å². The molecule has 2 rings (SSSR count). The monoisotopic (exact) mass is 250 g/mol. The van der Waals surface area contributed by atoms with Crippen LogP contribution in [0.2, 0.25) is 0 Å². The predicted octanol–water partition coefficient (Wildman–Crippen LogP) is 0.920. The molecule has 5 nitrogen and oxygen atoms in total. The smallest absolute Gasteiger partial charge is 0.261 e. The number of phenols is 2. The van der Waals surface area contributed by atoms with Gasteiger partial charge in [0.15, 0.2) is 0 Å². The van der Waals surface area contributed by atoms with Crippen LogP contribution in [0.3, 0.4) is 0 Å². The summed E-state index contributed by atoms with van der Waals surface area (Å²) in [6.07, 6.45) is 0. The fourth-order valence-corrected chi connectivity index (χ4v) is 2.40. The summed E-state index contributed by atoms with van der Waals surface area (Å²) >= 11 is 0. The molecule has 3 N–H and O–H groups in total. The molecule has 0 bridgehead atoms. The number of carbonyl (C=O) groups is 1. The molecule has 2 atom stereocenters. The normalized spacial score (nSPS) is 24.0. The number of nitrogens with one attached hydrogen (secondary N) is 1. The van der Waals surface area contributed by atoms with Crippen molar-refractivity contribution < 1.29 is 15.0 Å². The first-order valence-electron chi connectivity index (χ1n) is 6.05. The number of piperazine rings is 1. The molecule has 98 valence electrons. The van der Waals surface area contributed by atoms with Gasteiger partial charge in [-0.15, -0.1) is 0 Å². The van der Waals surface area contributed by atoms with E-state index in [0.717, 1.165) is 0 Å². The maximum Gasteiger partial charge on any atom is 0.261 e. The second kappa shape index (κ2) is 4.86. The first kappa shape index (κ1) is 12.7. The Morgan fingerprint density at radius 1 is 1.22 bits per heavy atom. The largest absolute Gasteiger partial charge is 0.507 e. The lowest BCUT2D eigenvalue weighted by molar-refractivity contribution is 0.0667. The highest BCUT2D eigenvalue weighted by molar-refractivity contribution is 5.99. The first-order chi connectivity index (χ1) is 8.49. The Hall–Kier alpha value is -1.75. The Kier molecular flexibility index (Phi) is 3.43. The van der Waals surface area contributed by atoms with E-state index < -0.39 is 0 Å².